The number of benzene rings is 4. The fourth-order valence-corrected chi connectivity index (χ4v) is 13.2. The minimum absolute atomic E-state index is 0.0229. The van der Waals surface area contributed by atoms with Crippen LogP contribution >= 0.6 is 0 Å². The molecule has 0 nitrogen and oxygen atoms in total. The van der Waals surface area contributed by atoms with Crippen LogP contribution in [0, 0.1) is 11.3 Å². The van der Waals surface area contributed by atoms with Gasteiger partial charge in [0, 0.05) is 0 Å². The average molecular weight is 627 g/mol. The van der Waals surface area contributed by atoms with Gasteiger partial charge in [-0.25, -0.2) is 0 Å². The van der Waals surface area contributed by atoms with Crippen molar-refractivity contribution in [3.63, 3.8) is 0 Å². The van der Waals surface area contributed by atoms with Crippen LogP contribution < -0.4 is 3.87 Å². The molecule has 1 unspecified atom stereocenters. The fourth-order valence-electron chi connectivity index (χ4n) is 7.21. The monoisotopic (exact) mass is 626 g/mol. The Morgan fingerprint density at radius 2 is 1.22 bits per heavy atom. The second kappa shape index (κ2) is 11.6. The number of hydrogen-bond donors (Lipinski definition) is 0. The molecular formula is C44H50Ti. The van der Waals surface area contributed by atoms with Crippen LogP contribution in [-0.2, 0) is 34.7 Å². The molecule has 0 N–H and O–H groups in total. The molecule has 1 atom stereocenters. The van der Waals surface area contributed by atoms with Crippen molar-refractivity contribution < 1.29 is 17.4 Å². The molecule has 0 spiro atoms. The summed E-state index contributed by atoms with van der Waals surface area (Å²) in [6.07, 6.45) is 6.22. The van der Waals surface area contributed by atoms with Crippen LogP contribution in [0.15, 0.2) is 113 Å². The van der Waals surface area contributed by atoms with E-state index < -0.39 is 17.4 Å². The number of allylic oxidation sites excluding steroid dienone is 4. The molecule has 6 rings (SSSR count). The molecule has 0 amide bonds. The van der Waals surface area contributed by atoms with Crippen LogP contribution in [0.25, 0.3) is 11.1 Å². The topological polar surface area (TPSA) is 0 Å². The zero-order chi connectivity index (χ0) is 32.3. The summed E-state index contributed by atoms with van der Waals surface area (Å²) >= 11 is -2.44. The van der Waals surface area contributed by atoms with Crippen molar-refractivity contribution in [1.29, 1.82) is 0 Å². The second-order valence-electron chi connectivity index (χ2n) is 16.3. The number of rotatable bonds is 4. The molecule has 2 aliphatic rings. The van der Waals surface area contributed by atoms with E-state index in [-0.39, 0.29) is 16.2 Å². The van der Waals surface area contributed by atoms with Gasteiger partial charge in [-0.3, -0.25) is 0 Å². The molecule has 0 aromatic heterocycles. The molecule has 4 aromatic rings. The SMILES string of the molecule is CC1C=C(C(C)(C)C)C=[C]1[Ti](=[C](c1ccccc1)c1ccccc1)[c]1c(C(C)(C)C)ccc2c1Cc1cc(C(C)(C)C)ccc1-2. The van der Waals surface area contributed by atoms with Gasteiger partial charge in [0.1, 0.15) is 0 Å². The van der Waals surface area contributed by atoms with Gasteiger partial charge >= 0.3 is 280 Å². The van der Waals surface area contributed by atoms with Crippen molar-refractivity contribution in [3.8, 4) is 11.1 Å². The van der Waals surface area contributed by atoms with E-state index in [1.54, 1.807) is 17.1 Å². The summed E-state index contributed by atoms with van der Waals surface area (Å²) in [5, 5.41) is 0. The molecule has 0 bridgehead atoms. The van der Waals surface area contributed by atoms with E-state index in [2.05, 4.69) is 172 Å². The van der Waals surface area contributed by atoms with Gasteiger partial charge in [-0.15, -0.1) is 0 Å². The maximum absolute atomic E-state index is 2.64. The first-order chi connectivity index (χ1) is 21.1. The van der Waals surface area contributed by atoms with Gasteiger partial charge in [-0.1, -0.05) is 0 Å². The summed E-state index contributed by atoms with van der Waals surface area (Å²) in [5.74, 6) is 0.414. The van der Waals surface area contributed by atoms with Crippen molar-refractivity contribution >= 4 is 7.68 Å². The average Bonchev–Trinajstić information content (AvgIpc) is 3.55. The number of fused-ring (bicyclic) bond motifs is 3. The van der Waals surface area contributed by atoms with Crippen LogP contribution in [0.1, 0.15) is 103 Å². The third kappa shape index (κ3) is 6.09. The van der Waals surface area contributed by atoms with Gasteiger partial charge in [0.2, 0.25) is 0 Å². The quantitative estimate of drug-likeness (QED) is 0.174. The molecule has 0 saturated heterocycles. The van der Waals surface area contributed by atoms with Crippen molar-refractivity contribution in [3.05, 3.63) is 146 Å². The Labute approximate surface area is 278 Å². The molecule has 0 heterocycles. The Bertz CT molecular complexity index is 1800. The summed E-state index contributed by atoms with van der Waals surface area (Å²) in [7, 11) is 0. The van der Waals surface area contributed by atoms with Gasteiger partial charge in [-0.05, 0) is 0 Å². The van der Waals surface area contributed by atoms with Crippen LogP contribution in [0.3, 0.4) is 0 Å². The fraction of sp³-hybridized carbons (Fsp3) is 0.341. The van der Waals surface area contributed by atoms with Gasteiger partial charge in [0.15, 0.2) is 0 Å². The first kappa shape index (κ1) is 31.9. The predicted octanol–water partition coefficient (Wildman–Crippen LogP) is 10.9. The molecule has 0 radical (unpaired) electrons. The first-order valence-electron chi connectivity index (χ1n) is 16.7. The molecule has 45 heavy (non-hydrogen) atoms. The van der Waals surface area contributed by atoms with E-state index in [9.17, 15) is 0 Å². The van der Waals surface area contributed by atoms with Gasteiger partial charge in [0.25, 0.3) is 0 Å². The summed E-state index contributed by atoms with van der Waals surface area (Å²) in [5.41, 5.74) is 13.4. The van der Waals surface area contributed by atoms with E-state index in [4.69, 9.17) is 0 Å². The molecule has 230 valence electrons. The van der Waals surface area contributed by atoms with Crippen LogP contribution in [0.5, 0.6) is 0 Å². The van der Waals surface area contributed by atoms with Gasteiger partial charge in [-0.2, -0.15) is 0 Å². The predicted molar refractivity (Wildman–Crippen MR) is 193 cm³/mol. The van der Waals surface area contributed by atoms with Crippen molar-refractivity contribution in [1.82, 2.24) is 0 Å². The molecule has 2 aliphatic carbocycles. The Morgan fingerprint density at radius 3 is 1.73 bits per heavy atom. The third-order valence-electron chi connectivity index (χ3n) is 9.76. The van der Waals surface area contributed by atoms with Crippen molar-refractivity contribution in [2.24, 2.45) is 11.3 Å². The van der Waals surface area contributed by atoms with E-state index >= 15 is 0 Å². The van der Waals surface area contributed by atoms with Crippen molar-refractivity contribution in [2.75, 3.05) is 0 Å². The van der Waals surface area contributed by atoms with Crippen LogP contribution in [0.2, 0.25) is 0 Å². The van der Waals surface area contributed by atoms with E-state index in [0.29, 0.717) is 5.92 Å². The number of hydrogen-bond acceptors (Lipinski definition) is 0. The van der Waals surface area contributed by atoms with Crippen LogP contribution in [0.4, 0.5) is 0 Å². The third-order valence-corrected chi connectivity index (χ3v) is 15.0. The van der Waals surface area contributed by atoms with Gasteiger partial charge in [0.05, 0.1) is 0 Å². The Hall–Kier alpha value is -3.06. The molecular weight excluding hydrogens is 576 g/mol. The van der Waals surface area contributed by atoms with Gasteiger partial charge < -0.3 is 0 Å². The minimum atomic E-state index is -2.44. The zero-order valence-electron chi connectivity index (χ0n) is 29.1. The second-order valence-corrected chi connectivity index (χ2v) is 19.9. The van der Waals surface area contributed by atoms with E-state index in [0.717, 1.165) is 6.42 Å². The van der Waals surface area contributed by atoms with E-state index in [1.807, 2.05) is 0 Å². The van der Waals surface area contributed by atoms with Crippen molar-refractivity contribution in [2.45, 2.75) is 86.5 Å². The normalized spacial score (nSPS) is 16.2. The van der Waals surface area contributed by atoms with Crippen LogP contribution in [-0.4, -0.2) is 3.81 Å². The standard InChI is InChI=1S/C21H25.C13H10.C10H15.Ti/c1-20(2,3)16-7-9-18-14(12-16)11-15-13-17(21(4,5)6)8-10-19(15)18;1-3-7-12(8-4-1)11-13-9-5-2-6-10-13;1-8-5-6-9(7-8)10(2,3)4;/h7-10,12H,11H2,1-6H3;1-10H;6-8H,1-4H3;. The molecule has 1 heteroatoms. The van der Waals surface area contributed by atoms with E-state index in [1.165, 1.54) is 44.5 Å². The Balaban J connectivity index is 1.75. The summed E-state index contributed by atoms with van der Waals surface area (Å²) in [6.45, 7) is 23.8. The Morgan fingerprint density at radius 1 is 0.644 bits per heavy atom. The summed E-state index contributed by atoms with van der Waals surface area (Å²) in [6, 6.07) is 34.9. The summed E-state index contributed by atoms with van der Waals surface area (Å²) < 4.78 is 4.92. The molecule has 0 saturated carbocycles. The Kier molecular flexibility index (Phi) is 8.25. The molecule has 0 fully saturated rings. The maximum atomic E-state index is 2.64. The summed E-state index contributed by atoms with van der Waals surface area (Å²) in [4.78, 5) is 0. The molecule has 4 aromatic carbocycles. The first-order valence-corrected chi connectivity index (χ1v) is 19.1. The zero-order valence-corrected chi connectivity index (χ0v) is 30.7. The molecule has 0 aliphatic heterocycles.